The van der Waals surface area contributed by atoms with E-state index in [1.807, 2.05) is 31.2 Å². The molecule has 0 bridgehead atoms. The Morgan fingerprint density at radius 1 is 1.08 bits per heavy atom. The number of aryl methyl sites for hydroxylation is 1. The molecular weight excluding hydrogens is 547 g/mol. The summed E-state index contributed by atoms with van der Waals surface area (Å²) in [7, 11) is 2.80. The molecule has 0 saturated carbocycles. The van der Waals surface area contributed by atoms with Gasteiger partial charge in [-0.1, -0.05) is 40.6 Å². The van der Waals surface area contributed by atoms with E-state index >= 15 is 0 Å². The van der Waals surface area contributed by atoms with Gasteiger partial charge in [0.05, 0.1) is 30.0 Å². The number of methoxy groups -OCH3 is 2. The quantitative estimate of drug-likeness (QED) is 0.305. The van der Waals surface area contributed by atoms with Crippen LogP contribution in [0.5, 0.6) is 5.75 Å². The zero-order valence-electron chi connectivity index (χ0n) is 20.9. The maximum Gasteiger partial charge on any atom is 0.338 e. The van der Waals surface area contributed by atoms with Crippen molar-refractivity contribution < 1.29 is 18.7 Å². The number of benzene rings is 2. The zero-order valence-corrected chi connectivity index (χ0v) is 23.2. The molecule has 0 saturated heterocycles. The number of fused-ring (bicyclic) bond motifs is 1. The molecule has 4 aromatic rings. The molecule has 7 nitrogen and oxygen atoms in total. The van der Waals surface area contributed by atoms with Crippen LogP contribution < -0.4 is 19.6 Å². The lowest BCUT2D eigenvalue weighted by Gasteiger charge is -2.25. The van der Waals surface area contributed by atoms with E-state index in [1.54, 1.807) is 37.3 Å². The van der Waals surface area contributed by atoms with E-state index in [1.165, 1.54) is 30.1 Å². The van der Waals surface area contributed by atoms with Gasteiger partial charge in [-0.15, -0.1) is 0 Å². The molecule has 3 heterocycles. The Kier molecular flexibility index (Phi) is 7.05. The minimum absolute atomic E-state index is 0.226. The van der Waals surface area contributed by atoms with Crippen LogP contribution in [0.25, 0.3) is 17.4 Å². The summed E-state index contributed by atoms with van der Waals surface area (Å²) in [6, 6.07) is 13.4. The van der Waals surface area contributed by atoms with Crippen LogP contribution in [0.1, 0.15) is 29.9 Å². The molecule has 5 rings (SSSR count). The standard InChI is InChI=1S/C28H22Cl2N2O5S/c1-14-5-6-16(29)11-19(14)22-10-8-18(37-22)13-23-26(33)32-25(20-12-17(30)7-9-21(20)35-3)24(27(34)36-4)15(2)31-28(32)38-23/h5-13,25H,1-4H3/b23-13-/t25-/m1/s1. The Hall–Kier alpha value is -3.59. The Morgan fingerprint density at radius 2 is 1.82 bits per heavy atom. The number of allylic oxidation sites excluding steroid dienone is 1. The minimum atomic E-state index is -0.851. The lowest BCUT2D eigenvalue weighted by atomic mass is 9.95. The summed E-state index contributed by atoms with van der Waals surface area (Å²) >= 11 is 13.7. The maximum atomic E-state index is 13.8. The molecule has 1 aliphatic rings. The molecular formula is C28H22Cl2N2O5S. The third-order valence-corrected chi connectivity index (χ3v) is 7.73. The fourth-order valence-electron chi connectivity index (χ4n) is 4.47. The number of halogens is 2. The molecule has 0 spiro atoms. The second-order valence-electron chi connectivity index (χ2n) is 8.62. The lowest BCUT2D eigenvalue weighted by molar-refractivity contribution is -0.136. The summed E-state index contributed by atoms with van der Waals surface area (Å²) in [5, 5.41) is 1.03. The van der Waals surface area contributed by atoms with Crippen LogP contribution in [0.15, 0.2) is 74.0 Å². The number of thiazole rings is 1. The van der Waals surface area contributed by atoms with Crippen LogP contribution in [0.2, 0.25) is 10.0 Å². The average Bonchev–Trinajstić information content (AvgIpc) is 3.48. The van der Waals surface area contributed by atoms with Gasteiger partial charge in [0.15, 0.2) is 4.80 Å². The first kappa shape index (κ1) is 26.0. The summed E-state index contributed by atoms with van der Waals surface area (Å²) < 4.78 is 18.5. The van der Waals surface area contributed by atoms with Crippen molar-refractivity contribution in [3.63, 3.8) is 0 Å². The first-order chi connectivity index (χ1) is 18.2. The van der Waals surface area contributed by atoms with E-state index < -0.39 is 12.0 Å². The van der Waals surface area contributed by atoms with Gasteiger partial charge in [0.2, 0.25) is 0 Å². The number of rotatable bonds is 5. The molecule has 2 aromatic heterocycles. The van der Waals surface area contributed by atoms with Gasteiger partial charge in [-0.3, -0.25) is 9.36 Å². The van der Waals surface area contributed by atoms with E-state index in [0.717, 1.165) is 11.1 Å². The van der Waals surface area contributed by atoms with Crippen LogP contribution in [-0.4, -0.2) is 24.8 Å². The molecule has 0 fully saturated rings. The lowest BCUT2D eigenvalue weighted by Crippen LogP contribution is -2.40. The maximum absolute atomic E-state index is 13.8. The first-order valence-electron chi connectivity index (χ1n) is 11.5. The molecule has 2 aromatic carbocycles. The largest absolute Gasteiger partial charge is 0.496 e. The second kappa shape index (κ2) is 10.3. The fraction of sp³-hybridized carbons (Fsp3) is 0.179. The van der Waals surface area contributed by atoms with Crippen molar-refractivity contribution >= 4 is 46.6 Å². The predicted octanol–water partition coefficient (Wildman–Crippen LogP) is 5.29. The molecule has 0 unspecified atom stereocenters. The zero-order chi connectivity index (χ0) is 27.1. The topological polar surface area (TPSA) is 83.0 Å². The normalized spacial score (nSPS) is 15.3. The summed E-state index contributed by atoms with van der Waals surface area (Å²) in [6.45, 7) is 3.68. The minimum Gasteiger partial charge on any atom is -0.496 e. The van der Waals surface area contributed by atoms with E-state index in [-0.39, 0.29) is 11.1 Å². The predicted molar refractivity (Wildman–Crippen MR) is 148 cm³/mol. The van der Waals surface area contributed by atoms with Gasteiger partial charge in [0.1, 0.15) is 23.3 Å². The third kappa shape index (κ3) is 4.60. The Bertz CT molecular complexity index is 1800. The number of carbonyl (C=O) groups is 1. The Labute approximate surface area is 231 Å². The number of aromatic nitrogens is 1. The first-order valence-corrected chi connectivity index (χ1v) is 13.1. The van der Waals surface area contributed by atoms with Gasteiger partial charge in [-0.05, 0) is 61.9 Å². The van der Waals surface area contributed by atoms with E-state index in [0.29, 0.717) is 47.9 Å². The highest BCUT2D eigenvalue weighted by molar-refractivity contribution is 7.07. The molecule has 38 heavy (non-hydrogen) atoms. The van der Waals surface area contributed by atoms with Crippen LogP contribution in [0, 0.1) is 6.92 Å². The van der Waals surface area contributed by atoms with Gasteiger partial charge in [0, 0.05) is 27.2 Å². The van der Waals surface area contributed by atoms with Gasteiger partial charge in [-0.25, -0.2) is 9.79 Å². The highest BCUT2D eigenvalue weighted by Gasteiger charge is 2.35. The second-order valence-corrected chi connectivity index (χ2v) is 10.5. The van der Waals surface area contributed by atoms with Crippen LogP contribution in [-0.2, 0) is 9.53 Å². The van der Waals surface area contributed by atoms with Crippen molar-refractivity contribution in [2.75, 3.05) is 14.2 Å². The van der Waals surface area contributed by atoms with Crippen molar-refractivity contribution in [3.8, 4) is 17.1 Å². The highest BCUT2D eigenvalue weighted by atomic mass is 35.5. The molecule has 194 valence electrons. The van der Waals surface area contributed by atoms with Gasteiger partial charge in [-0.2, -0.15) is 0 Å². The van der Waals surface area contributed by atoms with Gasteiger partial charge in [0.25, 0.3) is 5.56 Å². The van der Waals surface area contributed by atoms with Crippen LogP contribution in [0.3, 0.4) is 0 Å². The summed E-state index contributed by atoms with van der Waals surface area (Å²) in [4.78, 5) is 31.7. The molecule has 0 amide bonds. The SMILES string of the molecule is COC(=O)C1=C(C)N=c2s/c(=C\c3ccc(-c4cc(Cl)ccc4C)o3)c(=O)n2[C@@H]1c1cc(Cl)ccc1OC. The molecule has 0 aliphatic carbocycles. The van der Waals surface area contributed by atoms with Crippen molar-refractivity contribution in [1.82, 2.24) is 4.57 Å². The van der Waals surface area contributed by atoms with Crippen LogP contribution >= 0.6 is 34.5 Å². The number of nitrogens with zero attached hydrogens (tertiary/aromatic N) is 2. The van der Waals surface area contributed by atoms with Crippen LogP contribution in [0.4, 0.5) is 0 Å². The number of furan rings is 1. The molecule has 1 atom stereocenters. The highest BCUT2D eigenvalue weighted by Crippen LogP contribution is 2.37. The van der Waals surface area contributed by atoms with Crippen molar-refractivity contribution in [2.45, 2.75) is 19.9 Å². The van der Waals surface area contributed by atoms with Crippen molar-refractivity contribution in [2.24, 2.45) is 4.99 Å². The summed E-state index contributed by atoms with van der Waals surface area (Å²) in [5.41, 5.74) is 2.74. The molecule has 1 aliphatic heterocycles. The smallest absolute Gasteiger partial charge is 0.338 e. The summed E-state index contributed by atoms with van der Waals surface area (Å²) in [6.07, 6.45) is 1.66. The summed E-state index contributed by atoms with van der Waals surface area (Å²) in [5.74, 6) is 0.998. The van der Waals surface area contributed by atoms with Gasteiger partial charge >= 0.3 is 5.97 Å². The average molecular weight is 569 g/mol. The molecule has 0 radical (unpaired) electrons. The molecule has 10 heteroatoms. The van der Waals surface area contributed by atoms with Crippen molar-refractivity contribution in [1.29, 1.82) is 0 Å². The fourth-order valence-corrected chi connectivity index (χ4v) is 5.85. The number of carbonyl (C=O) groups excluding carboxylic acids is 1. The third-order valence-electron chi connectivity index (χ3n) is 6.28. The monoisotopic (exact) mass is 568 g/mol. The number of ether oxygens (including phenoxy) is 2. The number of hydrogen-bond acceptors (Lipinski definition) is 7. The van der Waals surface area contributed by atoms with Gasteiger partial charge < -0.3 is 13.9 Å². The Morgan fingerprint density at radius 3 is 2.55 bits per heavy atom. The number of esters is 1. The number of hydrogen-bond donors (Lipinski definition) is 0. The van der Waals surface area contributed by atoms with E-state index in [2.05, 4.69) is 4.99 Å². The van der Waals surface area contributed by atoms with Crippen molar-refractivity contribution in [3.05, 3.63) is 106 Å². The van der Waals surface area contributed by atoms with E-state index in [9.17, 15) is 9.59 Å². The Balaban J connectivity index is 1.69. The molecule has 0 N–H and O–H groups in total. The van der Waals surface area contributed by atoms with E-state index in [4.69, 9.17) is 37.1 Å².